The maximum absolute atomic E-state index is 12.9. The second-order valence-electron chi connectivity index (χ2n) is 5.27. The normalized spacial score (nSPS) is 10.4. The standard InChI is InChI=1S/C17H14FN5O3/c1-26-17(25)12-4-8-14(9-5-12)19-15(24)10-23-21-16(20-22-23)11-2-6-13(18)7-3-11/h2-9H,10H2,1H3,(H,19,24). The Bertz CT molecular complexity index is 922. The first-order chi connectivity index (χ1) is 12.5. The highest BCUT2D eigenvalue weighted by Crippen LogP contribution is 2.14. The third-order valence-electron chi connectivity index (χ3n) is 3.43. The maximum Gasteiger partial charge on any atom is 0.337 e. The summed E-state index contributed by atoms with van der Waals surface area (Å²) in [6.07, 6.45) is 0. The molecule has 0 bridgehead atoms. The summed E-state index contributed by atoms with van der Waals surface area (Å²) in [5.74, 6) is -0.888. The van der Waals surface area contributed by atoms with Crippen LogP contribution in [0, 0.1) is 5.82 Å². The van der Waals surface area contributed by atoms with Crippen molar-refractivity contribution in [2.24, 2.45) is 0 Å². The molecule has 3 rings (SSSR count). The number of hydrogen-bond donors (Lipinski definition) is 1. The van der Waals surface area contributed by atoms with E-state index in [2.05, 4.69) is 25.5 Å². The Balaban J connectivity index is 1.61. The van der Waals surface area contributed by atoms with Crippen LogP contribution in [0.5, 0.6) is 0 Å². The van der Waals surface area contributed by atoms with Gasteiger partial charge in [-0.1, -0.05) is 0 Å². The fraction of sp³-hybridized carbons (Fsp3) is 0.118. The molecule has 8 nitrogen and oxygen atoms in total. The van der Waals surface area contributed by atoms with E-state index in [4.69, 9.17) is 0 Å². The molecule has 0 aliphatic rings. The van der Waals surface area contributed by atoms with Gasteiger partial charge in [0.2, 0.25) is 11.7 Å². The summed E-state index contributed by atoms with van der Waals surface area (Å²) in [4.78, 5) is 24.6. The predicted molar refractivity (Wildman–Crippen MR) is 89.6 cm³/mol. The number of hydrogen-bond acceptors (Lipinski definition) is 6. The molecule has 132 valence electrons. The van der Waals surface area contributed by atoms with E-state index in [1.165, 1.54) is 31.4 Å². The molecule has 0 aliphatic carbocycles. The number of carbonyl (C=O) groups excluding carboxylic acids is 2. The lowest BCUT2D eigenvalue weighted by atomic mass is 10.2. The van der Waals surface area contributed by atoms with Gasteiger partial charge in [-0.15, -0.1) is 10.2 Å². The number of ether oxygens (including phenoxy) is 1. The highest BCUT2D eigenvalue weighted by Gasteiger charge is 2.10. The molecular weight excluding hydrogens is 341 g/mol. The van der Waals surface area contributed by atoms with Gasteiger partial charge in [0.25, 0.3) is 0 Å². The first kappa shape index (κ1) is 17.2. The lowest BCUT2D eigenvalue weighted by Crippen LogP contribution is -2.20. The molecule has 1 amide bonds. The number of methoxy groups -OCH3 is 1. The van der Waals surface area contributed by atoms with E-state index in [1.807, 2.05) is 0 Å². The highest BCUT2D eigenvalue weighted by atomic mass is 19.1. The van der Waals surface area contributed by atoms with E-state index in [0.29, 0.717) is 22.6 Å². The summed E-state index contributed by atoms with van der Waals surface area (Å²) in [7, 11) is 1.29. The number of nitrogens with one attached hydrogen (secondary N) is 1. The first-order valence-corrected chi connectivity index (χ1v) is 7.57. The second kappa shape index (κ2) is 7.51. The zero-order valence-corrected chi connectivity index (χ0v) is 13.7. The number of anilines is 1. The van der Waals surface area contributed by atoms with E-state index in [0.717, 1.165) is 4.80 Å². The quantitative estimate of drug-likeness (QED) is 0.702. The topological polar surface area (TPSA) is 99.0 Å². The molecule has 9 heteroatoms. The smallest absolute Gasteiger partial charge is 0.337 e. The molecule has 2 aromatic carbocycles. The van der Waals surface area contributed by atoms with Crippen molar-refractivity contribution in [2.75, 3.05) is 12.4 Å². The minimum Gasteiger partial charge on any atom is -0.465 e. The van der Waals surface area contributed by atoms with Gasteiger partial charge in [0.05, 0.1) is 12.7 Å². The molecule has 0 atom stereocenters. The summed E-state index contributed by atoms with van der Waals surface area (Å²) in [6, 6.07) is 11.9. The monoisotopic (exact) mass is 355 g/mol. The summed E-state index contributed by atoms with van der Waals surface area (Å²) in [5, 5.41) is 14.4. The van der Waals surface area contributed by atoms with Crippen molar-refractivity contribution in [1.82, 2.24) is 20.2 Å². The molecular formula is C17H14FN5O3. The summed E-state index contributed by atoms with van der Waals surface area (Å²) in [6.45, 7) is -0.146. The van der Waals surface area contributed by atoms with Crippen molar-refractivity contribution >= 4 is 17.6 Å². The number of carbonyl (C=O) groups is 2. The highest BCUT2D eigenvalue weighted by molar-refractivity contribution is 5.92. The molecule has 26 heavy (non-hydrogen) atoms. The molecule has 0 saturated carbocycles. The van der Waals surface area contributed by atoms with Gasteiger partial charge >= 0.3 is 5.97 Å². The van der Waals surface area contributed by atoms with Crippen LogP contribution in [0.25, 0.3) is 11.4 Å². The summed E-state index contributed by atoms with van der Waals surface area (Å²) < 4.78 is 17.5. The van der Waals surface area contributed by atoms with Gasteiger partial charge in [0, 0.05) is 11.3 Å². The van der Waals surface area contributed by atoms with Crippen LogP contribution in [0.4, 0.5) is 10.1 Å². The van der Waals surface area contributed by atoms with Gasteiger partial charge in [0.1, 0.15) is 12.4 Å². The lowest BCUT2D eigenvalue weighted by molar-refractivity contribution is -0.117. The fourth-order valence-electron chi connectivity index (χ4n) is 2.16. The average molecular weight is 355 g/mol. The summed E-state index contributed by atoms with van der Waals surface area (Å²) in [5.41, 5.74) is 1.49. The van der Waals surface area contributed by atoms with Crippen molar-refractivity contribution in [3.05, 3.63) is 59.9 Å². The van der Waals surface area contributed by atoms with Crippen LogP contribution in [0.15, 0.2) is 48.5 Å². The predicted octanol–water partition coefficient (Wildman–Crippen LogP) is 1.90. The minimum atomic E-state index is -0.456. The Morgan fingerprint density at radius 3 is 2.46 bits per heavy atom. The number of halogens is 1. The zero-order chi connectivity index (χ0) is 18.5. The Morgan fingerprint density at radius 1 is 1.12 bits per heavy atom. The SMILES string of the molecule is COC(=O)c1ccc(NC(=O)Cn2nnc(-c3ccc(F)cc3)n2)cc1. The molecule has 0 fully saturated rings. The Kier molecular flexibility index (Phi) is 4.97. The van der Waals surface area contributed by atoms with Gasteiger partial charge in [0.15, 0.2) is 0 Å². The molecule has 1 N–H and O–H groups in total. The number of tetrazole rings is 1. The van der Waals surface area contributed by atoms with Gasteiger partial charge in [-0.05, 0) is 53.7 Å². The van der Waals surface area contributed by atoms with Gasteiger partial charge in [-0.2, -0.15) is 4.80 Å². The number of benzene rings is 2. The van der Waals surface area contributed by atoms with Crippen LogP contribution in [0.3, 0.4) is 0 Å². The van der Waals surface area contributed by atoms with E-state index in [1.54, 1.807) is 24.3 Å². The number of aromatic nitrogens is 4. The van der Waals surface area contributed by atoms with Crippen molar-refractivity contribution < 1.29 is 18.7 Å². The van der Waals surface area contributed by atoms with Gasteiger partial charge < -0.3 is 10.1 Å². The van der Waals surface area contributed by atoms with Gasteiger partial charge in [-0.25, -0.2) is 9.18 Å². The van der Waals surface area contributed by atoms with E-state index < -0.39 is 5.97 Å². The number of nitrogens with zero attached hydrogens (tertiary/aromatic N) is 4. The van der Waals surface area contributed by atoms with E-state index >= 15 is 0 Å². The zero-order valence-electron chi connectivity index (χ0n) is 13.7. The van der Waals surface area contributed by atoms with Crippen LogP contribution < -0.4 is 5.32 Å². The molecule has 0 aliphatic heterocycles. The maximum atomic E-state index is 12.9. The molecule has 1 heterocycles. The second-order valence-corrected chi connectivity index (χ2v) is 5.27. The largest absolute Gasteiger partial charge is 0.465 e. The average Bonchev–Trinajstić information content (AvgIpc) is 3.10. The van der Waals surface area contributed by atoms with Crippen LogP contribution in [-0.4, -0.2) is 39.2 Å². The third kappa shape index (κ3) is 4.07. The van der Waals surface area contributed by atoms with Gasteiger partial charge in [-0.3, -0.25) is 4.79 Å². The Labute approximate surface area is 147 Å². The Hall–Kier alpha value is -3.62. The van der Waals surface area contributed by atoms with Crippen molar-refractivity contribution in [3.63, 3.8) is 0 Å². The molecule has 0 spiro atoms. The number of esters is 1. The van der Waals surface area contributed by atoms with E-state index in [-0.39, 0.29) is 18.3 Å². The van der Waals surface area contributed by atoms with Crippen LogP contribution in [0.1, 0.15) is 10.4 Å². The molecule has 3 aromatic rings. The Morgan fingerprint density at radius 2 is 1.81 bits per heavy atom. The third-order valence-corrected chi connectivity index (χ3v) is 3.43. The number of rotatable bonds is 5. The molecule has 0 unspecified atom stereocenters. The lowest BCUT2D eigenvalue weighted by Gasteiger charge is -2.05. The minimum absolute atomic E-state index is 0.146. The fourth-order valence-corrected chi connectivity index (χ4v) is 2.16. The van der Waals surface area contributed by atoms with Crippen molar-refractivity contribution in [1.29, 1.82) is 0 Å². The summed E-state index contributed by atoms with van der Waals surface area (Å²) >= 11 is 0. The first-order valence-electron chi connectivity index (χ1n) is 7.57. The van der Waals surface area contributed by atoms with Crippen molar-refractivity contribution in [2.45, 2.75) is 6.54 Å². The van der Waals surface area contributed by atoms with Crippen LogP contribution >= 0.6 is 0 Å². The van der Waals surface area contributed by atoms with Crippen molar-refractivity contribution in [3.8, 4) is 11.4 Å². The molecule has 1 aromatic heterocycles. The van der Waals surface area contributed by atoms with Crippen LogP contribution in [-0.2, 0) is 16.1 Å². The number of amides is 1. The molecule has 0 radical (unpaired) electrons. The van der Waals surface area contributed by atoms with E-state index in [9.17, 15) is 14.0 Å². The molecule has 0 saturated heterocycles. The van der Waals surface area contributed by atoms with Crippen LogP contribution in [0.2, 0.25) is 0 Å².